The normalized spacial score (nSPS) is 19.3. The number of aliphatic hydroxyl groups excluding tert-OH is 1. The number of aliphatic hydroxyl groups is 1. The second-order valence-electron chi connectivity index (χ2n) is 7.71. The van der Waals surface area contributed by atoms with Crippen LogP contribution >= 0.6 is 11.6 Å². The van der Waals surface area contributed by atoms with Crippen LogP contribution in [0.2, 0.25) is 5.02 Å². The van der Waals surface area contributed by atoms with Crippen molar-refractivity contribution < 1.29 is 19.4 Å². The third-order valence-corrected chi connectivity index (χ3v) is 5.56. The third-order valence-electron chi connectivity index (χ3n) is 5.32. The van der Waals surface area contributed by atoms with E-state index in [0.717, 1.165) is 24.8 Å². The molecule has 3 rings (SSSR count). The van der Waals surface area contributed by atoms with E-state index in [1.54, 1.807) is 19.1 Å². The fourth-order valence-corrected chi connectivity index (χ4v) is 3.89. The standard InChI is InChI=1S/C23H28ClNO4/c1-3-28-22(27)15-29-20-8-7-16-9-10-23(2,13-18(16)12-20)25-14-21(26)17-5-4-6-19(24)11-17/h4-8,11-12,21,25-26H,3,9-10,13-15H2,1-2H3/t21-,23?/m0/s1. The van der Waals surface area contributed by atoms with Gasteiger partial charge in [0.2, 0.25) is 0 Å². The molecule has 0 heterocycles. The van der Waals surface area contributed by atoms with Gasteiger partial charge in [0.05, 0.1) is 12.7 Å². The van der Waals surface area contributed by atoms with Gasteiger partial charge < -0.3 is 19.9 Å². The highest BCUT2D eigenvalue weighted by molar-refractivity contribution is 6.30. The van der Waals surface area contributed by atoms with Gasteiger partial charge in [-0.1, -0.05) is 29.8 Å². The minimum absolute atomic E-state index is 0.0893. The van der Waals surface area contributed by atoms with Crippen LogP contribution < -0.4 is 10.1 Å². The van der Waals surface area contributed by atoms with Crippen LogP contribution in [0, 0.1) is 0 Å². The van der Waals surface area contributed by atoms with Crippen LogP contribution in [0.1, 0.15) is 43.1 Å². The molecular weight excluding hydrogens is 390 g/mol. The molecule has 0 radical (unpaired) electrons. The first-order valence-corrected chi connectivity index (χ1v) is 10.3. The van der Waals surface area contributed by atoms with Gasteiger partial charge in [-0.3, -0.25) is 0 Å². The first kappa shape index (κ1) is 21.6. The molecule has 6 heteroatoms. The summed E-state index contributed by atoms with van der Waals surface area (Å²) in [6, 6.07) is 13.3. The quantitative estimate of drug-likeness (QED) is 0.638. The fourth-order valence-electron chi connectivity index (χ4n) is 3.69. The maximum Gasteiger partial charge on any atom is 0.344 e. The molecule has 0 bridgehead atoms. The molecule has 1 unspecified atom stereocenters. The maximum absolute atomic E-state index is 11.5. The number of aryl methyl sites for hydroxylation is 1. The zero-order chi connectivity index (χ0) is 20.9. The number of hydrogen-bond acceptors (Lipinski definition) is 5. The molecule has 0 saturated carbocycles. The Morgan fingerprint density at radius 3 is 2.86 bits per heavy atom. The van der Waals surface area contributed by atoms with Crippen molar-refractivity contribution in [2.24, 2.45) is 0 Å². The van der Waals surface area contributed by atoms with E-state index in [1.807, 2.05) is 24.3 Å². The largest absolute Gasteiger partial charge is 0.482 e. The van der Waals surface area contributed by atoms with Gasteiger partial charge in [-0.15, -0.1) is 0 Å². The van der Waals surface area contributed by atoms with E-state index in [1.165, 1.54) is 11.1 Å². The van der Waals surface area contributed by atoms with E-state index in [2.05, 4.69) is 18.3 Å². The maximum atomic E-state index is 11.5. The predicted molar refractivity (Wildman–Crippen MR) is 113 cm³/mol. The Hall–Kier alpha value is -2.08. The zero-order valence-electron chi connectivity index (χ0n) is 16.9. The van der Waals surface area contributed by atoms with Crippen molar-refractivity contribution in [3.8, 4) is 5.75 Å². The molecule has 2 atom stereocenters. The van der Waals surface area contributed by atoms with Crippen LogP contribution in [0.5, 0.6) is 5.75 Å². The van der Waals surface area contributed by atoms with Crippen LogP contribution in [-0.4, -0.2) is 36.4 Å². The first-order valence-electron chi connectivity index (χ1n) is 9.97. The van der Waals surface area contributed by atoms with Crippen LogP contribution in [0.15, 0.2) is 42.5 Å². The molecular formula is C23H28ClNO4. The number of hydrogen-bond donors (Lipinski definition) is 2. The van der Waals surface area contributed by atoms with Crippen molar-refractivity contribution in [3.63, 3.8) is 0 Å². The van der Waals surface area contributed by atoms with Gasteiger partial charge >= 0.3 is 5.97 Å². The number of carbonyl (C=O) groups excluding carboxylic acids is 1. The Morgan fingerprint density at radius 1 is 1.28 bits per heavy atom. The van der Waals surface area contributed by atoms with Crippen LogP contribution in [0.25, 0.3) is 0 Å². The Labute approximate surface area is 177 Å². The van der Waals surface area contributed by atoms with Gasteiger partial charge in [0.15, 0.2) is 6.61 Å². The SMILES string of the molecule is CCOC(=O)COc1ccc2c(c1)CC(C)(NC[C@H](O)c1cccc(Cl)c1)CC2. The number of esters is 1. The molecule has 1 aliphatic rings. The van der Waals surface area contributed by atoms with Gasteiger partial charge in [-0.25, -0.2) is 4.79 Å². The molecule has 1 aliphatic carbocycles. The van der Waals surface area contributed by atoms with Gasteiger partial charge in [0.25, 0.3) is 0 Å². The van der Waals surface area contributed by atoms with Gasteiger partial charge in [0, 0.05) is 17.1 Å². The summed E-state index contributed by atoms with van der Waals surface area (Å²) in [5.41, 5.74) is 3.17. The first-order chi connectivity index (χ1) is 13.9. The number of ether oxygens (including phenoxy) is 2. The highest BCUT2D eigenvalue weighted by atomic mass is 35.5. The molecule has 5 nitrogen and oxygen atoms in total. The summed E-state index contributed by atoms with van der Waals surface area (Å²) in [5, 5.41) is 14.7. The van der Waals surface area contributed by atoms with E-state index in [-0.39, 0.29) is 18.1 Å². The van der Waals surface area contributed by atoms with Crippen molar-refractivity contribution in [3.05, 3.63) is 64.2 Å². The Morgan fingerprint density at radius 2 is 2.10 bits per heavy atom. The minimum Gasteiger partial charge on any atom is -0.482 e. The highest BCUT2D eigenvalue weighted by Crippen LogP contribution is 2.31. The van der Waals surface area contributed by atoms with E-state index in [4.69, 9.17) is 21.1 Å². The minimum atomic E-state index is -0.619. The fraction of sp³-hybridized carbons (Fsp3) is 0.435. The molecule has 0 saturated heterocycles. The number of rotatable bonds is 8. The molecule has 0 amide bonds. The van der Waals surface area contributed by atoms with Gasteiger partial charge in [0.1, 0.15) is 5.75 Å². The summed E-state index contributed by atoms with van der Waals surface area (Å²) < 4.78 is 10.5. The lowest BCUT2D eigenvalue weighted by Gasteiger charge is -2.37. The molecule has 0 fully saturated rings. The van der Waals surface area contributed by atoms with Crippen molar-refractivity contribution in [2.45, 2.75) is 44.8 Å². The van der Waals surface area contributed by atoms with Crippen molar-refractivity contribution in [1.82, 2.24) is 5.32 Å². The molecule has 2 N–H and O–H groups in total. The average Bonchev–Trinajstić information content (AvgIpc) is 2.70. The topological polar surface area (TPSA) is 67.8 Å². The zero-order valence-corrected chi connectivity index (χ0v) is 17.7. The highest BCUT2D eigenvalue weighted by Gasteiger charge is 2.30. The lowest BCUT2D eigenvalue weighted by atomic mass is 9.79. The van der Waals surface area contributed by atoms with E-state index in [9.17, 15) is 9.90 Å². The molecule has 0 aliphatic heterocycles. The van der Waals surface area contributed by atoms with Crippen molar-refractivity contribution >= 4 is 17.6 Å². The molecule has 2 aromatic carbocycles. The van der Waals surface area contributed by atoms with E-state index in [0.29, 0.717) is 23.9 Å². The number of benzene rings is 2. The number of carbonyl (C=O) groups is 1. The van der Waals surface area contributed by atoms with Crippen LogP contribution in [0.3, 0.4) is 0 Å². The number of nitrogens with one attached hydrogen (secondary N) is 1. The second-order valence-corrected chi connectivity index (χ2v) is 8.15. The molecule has 2 aromatic rings. The van der Waals surface area contributed by atoms with Gasteiger partial charge in [-0.05, 0) is 74.1 Å². The summed E-state index contributed by atoms with van der Waals surface area (Å²) in [5.74, 6) is 0.298. The smallest absolute Gasteiger partial charge is 0.344 e. The summed E-state index contributed by atoms with van der Waals surface area (Å²) in [4.78, 5) is 11.5. The summed E-state index contributed by atoms with van der Waals surface area (Å²) in [6.07, 6.45) is 2.13. The predicted octanol–water partition coefficient (Wildman–Crippen LogP) is 3.85. The summed E-state index contributed by atoms with van der Waals surface area (Å²) in [7, 11) is 0. The van der Waals surface area contributed by atoms with Crippen molar-refractivity contribution in [2.75, 3.05) is 19.8 Å². The molecule has 0 spiro atoms. The number of β-amino-alcohol motifs (C(OH)–C–C–N with tert-alkyl or cyclic N) is 1. The summed E-state index contributed by atoms with van der Waals surface area (Å²) >= 11 is 6.03. The lowest BCUT2D eigenvalue weighted by molar-refractivity contribution is -0.145. The number of halogens is 1. The summed E-state index contributed by atoms with van der Waals surface area (Å²) in [6.45, 7) is 4.65. The van der Waals surface area contributed by atoms with Crippen LogP contribution in [-0.2, 0) is 22.4 Å². The Balaban J connectivity index is 1.60. The van der Waals surface area contributed by atoms with E-state index < -0.39 is 6.10 Å². The van der Waals surface area contributed by atoms with E-state index >= 15 is 0 Å². The monoisotopic (exact) mass is 417 g/mol. The molecule has 29 heavy (non-hydrogen) atoms. The molecule has 0 aromatic heterocycles. The Kier molecular flexibility index (Phi) is 7.17. The lowest BCUT2D eigenvalue weighted by Crippen LogP contribution is -2.48. The number of fused-ring (bicyclic) bond motifs is 1. The van der Waals surface area contributed by atoms with Crippen molar-refractivity contribution in [1.29, 1.82) is 0 Å². The van der Waals surface area contributed by atoms with Gasteiger partial charge in [-0.2, -0.15) is 0 Å². The Bertz CT molecular complexity index is 857. The average molecular weight is 418 g/mol. The van der Waals surface area contributed by atoms with Crippen LogP contribution in [0.4, 0.5) is 0 Å². The molecule has 156 valence electrons. The second kappa shape index (κ2) is 9.61. The third kappa shape index (κ3) is 5.95.